The second-order valence-corrected chi connectivity index (χ2v) is 26.0. The molecule has 0 radical (unpaired) electrons. The van der Waals surface area contributed by atoms with Gasteiger partial charge >= 0.3 is 258 Å². The van der Waals surface area contributed by atoms with Gasteiger partial charge in [-0.2, -0.15) is 0 Å². The number of nitrogens with zero attached hydrogens (tertiary/aromatic N) is 2. The Labute approximate surface area is 257 Å². The first kappa shape index (κ1) is 31.8. The Bertz CT molecular complexity index is 1520. The van der Waals surface area contributed by atoms with Crippen LogP contribution in [0.4, 0.5) is 0 Å². The minimum atomic E-state index is -1.93. The van der Waals surface area contributed by atoms with Crippen molar-refractivity contribution < 1.29 is 0 Å². The molecule has 0 amide bonds. The molecule has 4 rings (SSSR count). The Morgan fingerprint density at radius 1 is 0.537 bits per heavy atom. The maximum absolute atomic E-state index is 5.03. The number of hydrogen-bond acceptors (Lipinski definition) is 2. The van der Waals surface area contributed by atoms with E-state index in [9.17, 15) is 0 Å². The van der Waals surface area contributed by atoms with Gasteiger partial charge in [0.25, 0.3) is 0 Å². The van der Waals surface area contributed by atoms with Crippen LogP contribution in [0.25, 0.3) is 32.6 Å². The van der Waals surface area contributed by atoms with Gasteiger partial charge in [-0.25, -0.2) is 0 Å². The minimum absolute atomic E-state index is 0.169. The Morgan fingerprint density at radius 3 is 1.15 bits per heavy atom. The third-order valence-corrected chi connectivity index (χ3v) is 23.6. The molecule has 0 aliphatic rings. The van der Waals surface area contributed by atoms with Gasteiger partial charge in [0.05, 0.1) is 0 Å². The van der Waals surface area contributed by atoms with Crippen molar-refractivity contribution in [2.45, 2.75) is 116 Å². The molecule has 0 spiro atoms. The molecule has 0 unspecified atom stereocenters. The van der Waals surface area contributed by atoms with E-state index in [1.54, 1.807) is 0 Å². The van der Waals surface area contributed by atoms with Crippen molar-refractivity contribution >= 4 is 63.7 Å². The summed E-state index contributed by atoms with van der Waals surface area (Å²) in [6.07, 6.45) is 0. The van der Waals surface area contributed by atoms with Crippen LogP contribution in [0.3, 0.4) is 0 Å². The molecule has 0 atom stereocenters. The summed E-state index contributed by atoms with van der Waals surface area (Å²) < 4.78 is 10.1. The number of rotatable bonds is 6. The van der Waals surface area contributed by atoms with Gasteiger partial charge in [-0.05, 0) is 0 Å². The maximum atomic E-state index is 5.03. The van der Waals surface area contributed by atoms with Crippen LogP contribution in [0.1, 0.15) is 94.2 Å². The van der Waals surface area contributed by atoms with Gasteiger partial charge in [-0.3, -0.25) is 0 Å². The quantitative estimate of drug-likeness (QED) is 0.119. The molecule has 41 heavy (non-hydrogen) atoms. The van der Waals surface area contributed by atoms with Gasteiger partial charge in [0, 0.05) is 0 Å². The molecule has 216 valence electrons. The van der Waals surface area contributed by atoms with Crippen LogP contribution < -0.4 is 0 Å². The van der Waals surface area contributed by atoms with Crippen LogP contribution >= 0.6 is 0 Å². The average molecular weight is 644 g/mol. The zero-order chi connectivity index (χ0) is 30.3. The molecular formula is C36H48N2SeSi2. The second-order valence-electron chi connectivity index (χ2n) is 13.8. The molecule has 1 heterocycles. The van der Waals surface area contributed by atoms with Crippen LogP contribution in [0, 0.1) is 22.9 Å². The van der Waals surface area contributed by atoms with Gasteiger partial charge in [-0.1, -0.05) is 0 Å². The molecule has 0 aliphatic carbocycles. The molecule has 0 N–H and O–H groups in total. The third-order valence-electron chi connectivity index (χ3n) is 9.93. The normalized spacial score (nSPS) is 12.8. The van der Waals surface area contributed by atoms with Gasteiger partial charge in [-0.15, -0.1) is 0 Å². The number of fused-ring (bicyclic) bond motifs is 3. The molecule has 0 saturated heterocycles. The van der Waals surface area contributed by atoms with E-state index in [1.165, 1.54) is 21.5 Å². The van der Waals surface area contributed by atoms with E-state index in [0.29, 0.717) is 33.2 Å². The SMILES string of the molecule is CC(C)[Si](C#Cc1c2cc3ccccc3cc2c(C#C[Si](C(C)C)(C(C)C)C(C)C)c2n[se]nc12)(C(C)C)C(C)C. The molecule has 0 aliphatic heterocycles. The van der Waals surface area contributed by atoms with Crippen LogP contribution in [0.5, 0.6) is 0 Å². The van der Waals surface area contributed by atoms with Crippen molar-refractivity contribution in [3.63, 3.8) is 0 Å². The fraction of sp³-hybridized carbons (Fsp3) is 0.500. The van der Waals surface area contributed by atoms with E-state index in [0.717, 1.165) is 22.2 Å². The van der Waals surface area contributed by atoms with E-state index in [1.807, 2.05) is 0 Å². The van der Waals surface area contributed by atoms with Crippen LogP contribution in [-0.4, -0.2) is 39.1 Å². The topological polar surface area (TPSA) is 25.8 Å². The molecule has 0 fully saturated rings. The number of benzene rings is 3. The Hall–Kier alpha value is -2.15. The molecular weight excluding hydrogens is 596 g/mol. The van der Waals surface area contributed by atoms with Gasteiger partial charge in [0.1, 0.15) is 0 Å². The monoisotopic (exact) mass is 644 g/mol. The molecule has 4 aromatic rings. The Morgan fingerprint density at radius 2 is 0.854 bits per heavy atom. The van der Waals surface area contributed by atoms with Crippen molar-refractivity contribution in [2.75, 3.05) is 0 Å². The van der Waals surface area contributed by atoms with E-state index in [4.69, 9.17) is 7.96 Å². The predicted molar refractivity (Wildman–Crippen MR) is 187 cm³/mol. The summed E-state index contributed by atoms with van der Waals surface area (Å²) in [5.41, 5.74) is 15.6. The van der Waals surface area contributed by atoms with Crippen LogP contribution in [0.2, 0.25) is 33.2 Å². The number of hydrogen-bond donors (Lipinski definition) is 0. The predicted octanol–water partition coefficient (Wildman–Crippen LogP) is 10.1. The summed E-state index contributed by atoms with van der Waals surface area (Å²) in [6.45, 7) is 28.6. The van der Waals surface area contributed by atoms with E-state index >= 15 is 0 Å². The molecule has 3 aromatic carbocycles. The first-order valence-corrected chi connectivity index (χ1v) is 21.5. The zero-order valence-electron chi connectivity index (χ0n) is 27.2. The van der Waals surface area contributed by atoms with Crippen molar-refractivity contribution in [1.82, 2.24) is 7.96 Å². The average Bonchev–Trinajstić information content (AvgIpc) is 3.37. The van der Waals surface area contributed by atoms with E-state index in [-0.39, 0.29) is 15.0 Å². The molecule has 1 aromatic heterocycles. The standard InChI is InChI=1S/C36H48N2SeSi2/c1-23(2)40(24(3)4,25(5)6)19-17-31-33-21-29-15-13-14-16-30(29)22-34(33)32(36-35(31)37-39-38-36)18-20-41(26(7)8,27(9)10)28(11)12/h13-16,21-28H,1-12H3. The Kier molecular flexibility index (Phi) is 9.48. The summed E-state index contributed by atoms with van der Waals surface area (Å²) in [6, 6.07) is 13.3. The van der Waals surface area contributed by atoms with Gasteiger partial charge in [0.2, 0.25) is 0 Å². The van der Waals surface area contributed by atoms with Crippen molar-refractivity contribution in [3.8, 4) is 22.9 Å². The third kappa shape index (κ3) is 5.41. The summed E-state index contributed by atoms with van der Waals surface area (Å²) >= 11 is -0.169. The van der Waals surface area contributed by atoms with Gasteiger partial charge in [0.15, 0.2) is 0 Å². The molecule has 0 saturated carbocycles. The first-order chi connectivity index (χ1) is 19.3. The summed E-state index contributed by atoms with van der Waals surface area (Å²) in [7, 11) is -3.85. The second kappa shape index (κ2) is 12.2. The Balaban J connectivity index is 2.15. The van der Waals surface area contributed by atoms with Crippen LogP contribution in [-0.2, 0) is 0 Å². The fourth-order valence-electron chi connectivity index (χ4n) is 7.89. The van der Waals surface area contributed by atoms with Crippen molar-refractivity contribution in [1.29, 1.82) is 0 Å². The summed E-state index contributed by atoms with van der Waals surface area (Å²) in [5.74, 6) is 7.64. The summed E-state index contributed by atoms with van der Waals surface area (Å²) in [5, 5.41) is 4.83. The fourth-order valence-corrected chi connectivity index (χ4v) is 19.5. The van der Waals surface area contributed by atoms with Crippen LogP contribution in [0.15, 0.2) is 36.4 Å². The summed E-state index contributed by atoms with van der Waals surface area (Å²) in [4.78, 5) is 0. The van der Waals surface area contributed by atoms with Gasteiger partial charge < -0.3 is 0 Å². The molecule has 5 heteroatoms. The first-order valence-electron chi connectivity index (χ1n) is 15.5. The zero-order valence-corrected chi connectivity index (χ0v) is 30.9. The van der Waals surface area contributed by atoms with Crippen molar-refractivity contribution in [2.24, 2.45) is 0 Å². The van der Waals surface area contributed by atoms with E-state index in [2.05, 4.69) is 142 Å². The molecule has 2 nitrogen and oxygen atoms in total. The number of aromatic nitrogens is 2. The van der Waals surface area contributed by atoms with E-state index < -0.39 is 16.1 Å². The molecule has 0 bridgehead atoms. The van der Waals surface area contributed by atoms with Crippen molar-refractivity contribution in [3.05, 3.63) is 47.5 Å².